The van der Waals surface area contributed by atoms with E-state index in [1.807, 2.05) is 0 Å². The van der Waals surface area contributed by atoms with Crippen LogP contribution in [0, 0.1) is 10.1 Å². The van der Waals surface area contributed by atoms with Gasteiger partial charge in [-0.05, 0) is 62.7 Å². The number of amides is 1. The van der Waals surface area contributed by atoms with E-state index in [1.54, 1.807) is 45.0 Å². The van der Waals surface area contributed by atoms with Gasteiger partial charge in [-0.3, -0.25) is 10.1 Å². The first-order valence-corrected chi connectivity index (χ1v) is 8.23. The second-order valence-corrected chi connectivity index (χ2v) is 6.63. The Labute approximate surface area is 161 Å². The minimum absolute atomic E-state index is 0.111. The van der Waals surface area contributed by atoms with E-state index in [-0.39, 0.29) is 11.3 Å². The fourth-order valence-electron chi connectivity index (χ4n) is 1.97. The van der Waals surface area contributed by atoms with Gasteiger partial charge in [-0.25, -0.2) is 15.0 Å². The fourth-order valence-corrected chi connectivity index (χ4v) is 1.97. The summed E-state index contributed by atoms with van der Waals surface area (Å²) in [5, 5.41) is 14.4. The molecule has 0 saturated carbocycles. The standard InChI is InChI=1S/C19H19N3O6/c1-19(2,3)28-18(24)21-20-12-13-4-10-16(11-5-13)27-17(23)14-6-8-15(9-7-14)22(25)26/h4-12H,1-3H3,(H,21,24)/b20-12-. The van der Waals surface area contributed by atoms with E-state index in [2.05, 4.69) is 10.5 Å². The third kappa shape index (κ3) is 6.52. The average Bonchev–Trinajstić information content (AvgIpc) is 2.61. The van der Waals surface area contributed by atoms with E-state index in [0.717, 1.165) is 0 Å². The molecule has 146 valence electrons. The number of nitro benzene ring substituents is 1. The van der Waals surface area contributed by atoms with E-state index >= 15 is 0 Å². The third-order valence-electron chi connectivity index (χ3n) is 3.17. The first-order chi connectivity index (χ1) is 13.1. The molecule has 0 unspecified atom stereocenters. The normalized spacial score (nSPS) is 11.1. The summed E-state index contributed by atoms with van der Waals surface area (Å²) in [6.07, 6.45) is 0.740. The molecule has 0 fully saturated rings. The van der Waals surface area contributed by atoms with Gasteiger partial charge in [-0.1, -0.05) is 0 Å². The molecule has 2 aromatic rings. The number of hydrazone groups is 1. The highest BCUT2D eigenvalue weighted by Gasteiger charge is 2.15. The molecule has 9 nitrogen and oxygen atoms in total. The summed E-state index contributed by atoms with van der Waals surface area (Å²) in [5.41, 5.74) is 2.37. The van der Waals surface area contributed by atoms with Gasteiger partial charge < -0.3 is 9.47 Å². The molecule has 0 saturated heterocycles. The second kappa shape index (κ2) is 8.76. The van der Waals surface area contributed by atoms with Crippen molar-refractivity contribution in [3.05, 3.63) is 69.8 Å². The van der Waals surface area contributed by atoms with Crippen LogP contribution in [-0.4, -0.2) is 28.8 Å². The summed E-state index contributed by atoms with van der Waals surface area (Å²) in [5.74, 6) is -0.344. The first-order valence-electron chi connectivity index (χ1n) is 8.23. The Kier molecular flexibility index (Phi) is 6.43. The van der Waals surface area contributed by atoms with Gasteiger partial charge in [0.2, 0.25) is 0 Å². The van der Waals surface area contributed by atoms with Crippen molar-refractivity contribution in [3.8, 4) is 5.75 Å². The van der Waals surface area contributed by atoms with Crippen LogP contribution in [0.15, 0.2) is 53.6 Å². The Morgan fingerprint density at radius 2 is 1.68 bits per heavy atom. The van der Waals surface area contributed by atoms with Crippen LogP contribution in [0.1, 0.15) is 36.7 Å². The quantitative estimate of drug-likeness (QED) is 0.276. The van der Waals surface area contributed by atoms with E-state index in [4.69, 9.17) is 9.47 Å². The van der Waals surface area contributed by atoms with Gasteiger partial charge in [0, 0.05) is 12.1 Å². The molecule has 0 aliphatic heterocycles. The lowest BCUT2D eigenvalue weighted by Gasteiger charge is -2.18. The highest BCUT2D eigenvalue weighted by atomic mass is 16.6. The van der Waals surface area contributed by atoms with Crippen LogP contribution in [0.3, 0.4) is 0 Å². The maximum Gasteiger partial charge on any atom is 0.428 e. The maximum absolute atomic E-state index is 12.1. The summed E-state index contributed by atoms with van der Waals surface area (Å²) >= 11 is 0. The summed E-state index contributed by atoms with van der Waals surface area (Å²) in [7, 11) is 0. The van der Waals surface area contributed by atoms with Crippen molar-refractivity contribution in [3.63, 3.8) is 0 Å². The number of hydrogen-bond acceptors (Lipinski definition) is 7. The number of carbonyl (C=O) groups excluding carboxylic acids is 2. The number of non-ortho nitro benzene ring substituents is 1. The van der Waals surface area contributed by atoms with Crippen LogP contribution in [0.5, 0.6) is 5.75 Å². The minimum Gasteiger partial charge on any atom is -0.443 e. The molecule has 0 atom stereocenters. The van der Waals surface area contributed by atoms with Crippen molar-refractivity contribution in [1.29, 1.82) is 0 Å². The van der Waals surface area contributed by atoms with Gasteiger partial charge in [-0.2, -0.15) is 5.10 Å². The lowest BCUT2D eigenvalue weighted by Crippen LogP contribution is -2.29. The van der Waals surface area contributed by atoms with Crippen LogP contribution in [-0.2, 0) is 4.74 Å². The van der Waals surface area contributed by atoms with Crippen LogP contribution >= 0.6 is 0 Å². The van der Waals surface area contributed by atoms with Crippen molar-refractivity contribution in [1.82, 2.24) is 5.43 Å². The minimum atomic E-state index is -0.669. The van der Waals surface area contributed by atoms with E-state index in [9.17, 15) is 19.7 Å². The van der Waals surface area contributed by atoms with Gasteiger partial charge >= 0.3 is 12.1 Å². The lowest BCUT2D eigenvalue weighted by atomic mass is 10.2. The number of carbonyl (C=O) groups is 2. The number of nitro groups is 1. The first kappa shape index (κ1) is 20.6. The molecule has 0 spiro atoms. The molecule has 0 aliphatic rings. The number of nitrogens with one attached hydrogen (secondary N) is 1. The number of nitrogens with zero attached hydrogens (tertiary/aromatic N) is 2. The zero-order valence-electron chi connectivity index (χ0n) is 15.5. The smallest absolute Gasteiger partial charge is 0.428 e. The largest absolute Gasteiger partial charge is 0.443 e. The number of rotatable bonds is 5. The van der Waals surface area contributed by atoms with Gasteiger partial charge in [0.15, 0.2) is 0 Å². The van der Waals surface area contributed by atoms with Crippen LogP contribution in [0.2, 0.25) is 0 Å². The molecule has 0 heterocycles. The molecule has 0 aromatic heterocycles. The summed E-state index contributed by atoms with van der Waals surface area (Å²) in [4.78, 5) is 33.6. The fraction of sp³-hybridized carbons (Fsp3) is 0.211. The van der Waals surface area contributed by atoms with Gasteiger partial charge in [0.05, 0.1) is 16.7 Å². The maximum atomic E-state index is 12.1. The third-order valence-corrected chi connectivity index (χ3v) is 3.17. The molecule has 1 amide bonds. The van der Waals surface area contributed by atoms with Crippen molar-refractivity contribution in [2.75, 3.05) is 0 Å². The topological polar surface area (TPSA) is 120 Å². The van der Waals surface area contributed by atoms with E-state index < -0.39 is 22.6 Å². The molecule has 1 N–H and O–H groups in total. The lowest BCUT2D eigenvalue weighted by molar-refractivity contribution is -0.384. The van der Waals surface area contributed by atoms with Crippen molar-refractivity contribution < 1.29 is 24.0 Å². The van der Waals surface area contributed by atoms with E-state index in [1.165, 1.54) is 30.5 Å². The zero-order chi connectivity index (χ0) is 20.7. The van der Waals surface area contributed by atoms with E-state index in [0.29, 0.717) is 11.3 Å². The van der Waals surface area contributed by atoms with Crippen LogP contribution < -0.4 is 10.2 Å². The van der Waals surface area contributed by atoms with Crippen molar-refractivity contribution >= 4 is 24.0 Å². The molecule has 2 rings (SSSR count). The highest BCUT2D eigenvalue weighted by molar-refractivity contribution is 5.91. The molecule has 9 heteroatoms. The van der Waals surface area contributed by atoms with Crippen LogP contribution in [0.4, 0.5) is 10.5 Å². The van der Waals surface area contributed by atoms with Crippen molar-refractivity contribution in [2.45, 2.75) is 26.4 Å². The monoisotopic (exact) mass is 385 g/mol. The average molecular weight is 385 g/mol. The molecule has 0 bridgehead atoms. The zero-order valence-corrected chi connectivity index (χ0v) is 15.5. The Balaban J connectivity index is 1.91. The molecule has 0 aliphatic carbocycles. The Bertz CT molecular complexity index is 883. The molecular weight excluding hydrogens is 366 g/mol. The molecule has 0 radical (unpaired) electrons. The predicted molar refractivity (Wildman–Crippen MR) is 101 cm³/mol. The number of hydrogen-bond donors (Lipinski definition) is 1. The Hall–Kier alpha value is -3.75. The number of benzene rings is 2. The van der Waals surface area contributed by atoms with Gasteiger partial charge in [0.25, 0.3) is 5.69 Å². The van der Waals surface area contributed by atoms with Crippen molar-refractivity contribution in [2.24, 2.45) is 5.10 Å². The molecular formula is C19H19N3O6. The van der Waals surface area contributed by atoms with Gasteiger partial charge in [-0.15, -0.1) is 0 Å². The summed E-state index contributed by atoms with van der Waals surface area (Å²) in [6.45, 7) is 5.23. The number of esters is 1. The molecule has 2 aromatic carbocycles. The highest BCUT2D eigenvalue weighted by Crippen LogP contribution is 2.16. The molecule has 28 heavy (non-hydrogen) atoms. The van der Waals surface area contributed by atoms with Crippen LogP contribution in [0.25, 0.3) is 0 Å². The Morgan fingerprint density at radius 3 is 2.21 bits per heavy atom. The summed E-state index contributed by atoms with van der Waals surface area (Å²) < 4.78 is 10.3. The predicted octanol–water partition coefficient (Wildman–Crippen LogP) is 3.67. The Morgan fingerprint density at radius 1 is 1.07 bits per heavy atom. The number of ether oxygens (including phenoxy) is 2. The van der Waals surface area contributed by atoms with Gasteiger partial charge in [0.1, 0.15) is 11.4 Å². The summed E-state index contributed by atoms with van der Waals surface area (Å²) in [6, 6.07) is 11.5. The second-order valence-electron chi connectivity index (χ2n) is 6.63. The SMILES string of the molecule is CC(C)(C)OC(=O)N/N=C\c1ccc(OC(=O)c2ccc([N+](=O)[O-])cc2)cc1.